The Morgan fingerprint density at radius 2 is 0.914 bits per heavy atom. The average Bonchev–Trinajstić information content (AvgIpc) is 1.88. The van der Waals surface area contributed by atoms with Crippen molar-refractivity contribution in [3.63, 3.8) is 0 Å². The Bertz CT molecular complexity index is 3930. The molecule has 4 aliphatic heterocycles. The summed E-state index contributed by atoms with van der Waals surface area (Å²) in [6.45, 7) is 28.5. The van der Waals surface area contributed by atoms with Crippen LogP contribution in [0.4, 0.5) is 32.8 Å². The predicted molar refractivity (Wildman–Crippen MR) is 372 cm³/mol. The first-order valence-corrected chi connectivity index (χ1v) is 32.0. The van der Waals surface area contributed by atoms with Crippen LogP contribution in [0.5, 0.6) is 23.5 Å². The highest BCUT2D eigenvalue weighted by molar-refractivity contribution is 9.11. The van der Waals surface area contributed by atoms with E-state index in [1.54, 1.807) is 36.7 Å². The van der Waals surface area contributed by atoms with Gasteiger partial charge in [-0.25, -0.2) is 34.0 Å². The number of anilines is 3. The molecule has 0 spiro atoms. The summed E-state index contributed by atoms with van der Waals surface area (Å²) in [5, 5.41) is 12.2. The summed E-state index contributed by atoms with van der Waals surface area (Å²) in [6.07, 6.45) is 11.4. The molecule has 4 aromatic carbocycles. The quantitative estimate of drug-likeness (QED) is 0.0912. The van der Waals surface area contributed by atoms with E-state index in [1.807, 2.05) is 125 Å². The average molecular weight is 1470 g/mol. The molecule has 19 nitrogen and oxygen atoms in total. The molecule has 0 saturated carbocycles. The van der Waals surface area contributed by atoms with E-state index in [-0.39, 0.29) is 36.4 Å². The molecule has 5 N–H and O–H groups in total. The Morgan fingerprint density at radius 3 is 1.29 bits per heavy atom. The highest BCUT2D eigenvalue weighted by Crippen LogP contribution is 2.35. The number of aromatic nitrogens is 4. The number of carbonyl (C=O) groups is 2. The van der Waals surface area contributed by atoms with E-state index in [9.17, 15) is 14.0 Å². The number of amides is 2. The van der Waals surface area contributed by atoms with Gasteiger partial charge in [-0.1, -0.05) is 72.1 Å². The molecule has 8 heterocycles. The first-order chi connectivity index (χ1) is 44.3. The number of nitriles is 1. The first-order valence-electron chi connectivity index (χ1n) is 29.6. The zero-order valence-electron chi connectivity index (χ0n) is 51.6. The second-order valence-corrected chi connectivity index (χ2v) is 24.8. The van der Waals surface area contributed by atoms with Crippen molar-refractivity contribution in [1.82, 2.24) is 25.3 Å². The minimum Gasteiger partial charge on any atom is -0.473 e. The van der Waals surface area contributed by atoms with Crippen LogP contribution in [0.2, 0.25) is 0 Å². The zero-order valence-corrected chi connectivity index (χ0v) is 57.2. The van der Waals surface area contributed by atoms with E-state index >= 15 is 0 Å². The molecule has 4 saturated heterocycles. The Labute approximate surface area is 573 Å². The molecule has 0 radical (unpaired) electrons. The molecule has 4 atom stereocenters. The third-order valence-electron chi connectivity index (χ3n) is 14.9. The number of nitrogens with zero attached hydrogens (tertiary/aromatic N) is 10. The lowest BCUT2D eigenvalue weighted by atomic mass is 10.1. The summed E-state index contributed by atoms with van der Waals surface area (Å²) in [5.74, 6) is 1.20. The monoisotopic (exact) mass is 1470 g/mol. The van der Waals surface area contributed by atoms with Crippen molar-refractivity contribution in [2.24, 2.45) is 11.5 Å². The molecular weight excluding hydrogens is 1400 g/mol. The molecule has 0 aliphatic carbocycles. The highest BCUT2D eigenvalue weighted by Gasteiger charge is 2.30. The minimum absolute atomic E-state index is 0. The maximum absolute atomic E-state index is 12.5. The van der Waals surface area contributed by atoms with Gasteiger partial charge in [0.2, 0.25) is 34.9 Å². The van der Waals surface area contributed by atoms with Gasteiger partial charge >= 0.3 is 0 Å². The van der Waals surface area contributed by atoms with E-state index < -0.39 is 17.6 Å². The van der Waals surface area contributed by atoms with Crippen LogP contribution >= 0.6 is 60.2 Å². The van der Waals surface area contributed by atoms with Gasteiger partial charge in [-0.2, -0.15) is 5.26 Å². The number of primary amides is 2. The van der Waals surface area contributed by atoms with Crippen LogP contribution in [0.3, 0.4) is 0 Å². The number of ether oxygens (including phenoxy) is 4. The lowest BCUT2D eigenvalue weighted by Gasteiger charge is -2.21. The Kier molecular flexibility index (Phi) is 27.1. The van der Waals surface area contributed by atoms with Crippen molar-refractivity contribution in [1.29, 1.82) is 5.26 Å². The maximum atomic E-state index is 12.5. The largest absolute Gasteiger partial charge is 0.473 e. The van der Waals surface area contributed by atoms with Crippen molar-refractivity contribution in [2.75, 3.05) is 67.1 Å². The van der Waals surface area contributed by atoms with Crippen molar-refractivity contribution in [3.05, 3.63) is 227 Å². The molecule has 93 heavy (non-hydrogen) atoms. The topological polar surface area (TPSA) is 229 Å². The lowest BCUT2D eigenvalue weighted by molar-refractivity contribution is 0.0992. The van der Waals surface area contributed by atoms with Crippen molar-refractivity contribution in [2.45, 2.75) is 77.8 Å². The molecule has 8 aromatic rings. The third kappa shape index (κ3) is 21.6. The number of aryl methyl sites for hydroxylation is 4. The van der Waals surface area contributed by atoms with Crippen LogP contribution in [-0.2, 0) is 0 Å². The van der Waals surface area contributed by atoms with Gasteiger partial charge in [0, 0.05) is 125 Å². The number of carbonyl (C=O) groups excluding carboxylic acids is 2. The van der Waals surface area contributed by atoms with Crippen molar-refractivity contribution >= 4 is 100 Å². The molecule has 0 bridgehead atoms. The summed E-state index contributed by atoms with van der Waals surface area (Å²) in [6, 6.07) is 38.2. The highest BCUT2D eigenvalue weighted by atomic mass is 79.9. The van der Waals surface area contributed by atoms with Crippen LogP contribution in [0, 0.1) is 58.0 Å². The molecule has 12 rings (SSSR count). The van der Waals surface area contributed by atoms with Crippen molar-refractivity contribution in [3.8, 4) is 29.6 Å². The molecule has 0 unspecified atom stereocenters. The predicted octanol–water partition coefficient (Wildman–Crippen LogP) is 14.0. The Morgan fingerprint density at radius 1 is 0.538 bits per heavy atom. The number of rotatable bonds is 13. The van der Waals surface area contributed by atoms with Gasteiger partial charge in [0.25, 0.3) is 11.8 Å². The van der Waals surface area contributed by atoms with Crippen LogP contribution in [-0.4, -0.2) is 109 Å². The van der Waals surface area contributed by atoms with Gasteiger partial charge in [-0.3, -0.25) is 9.59 Å². The van der Waals surface area contributed by atoms with E-state index in [4.69, 9.17) is 48.8 Å². The van der Waals surface area contributed by atoms with Crippen molar-refractivity contribution < 1.29 is 32.9 Å². The van der Waals surface area contributed by atoms with Gasteiger partial charge in [0.15, 0.2) is 0 Å². The van der Waals surface area contributed by atoms with Gasteiger partial charge in [-0.05, 0) is 136 Å². The standard InChI is InChI=1S/C18H18N4O2.C17H18BrN3O2.C17H16BrN3O.C10H14N2O.C7H3BrFN.ClH/c1-12-2-5-17(21-10-12)24-14-6-7-22(11-14)16-4-3-13(9-19)8-15(16)18(20)23;1-11-2-5-16(20-9-11)23-13-6-7-21(10-13)15-4-3-12(18)8-14(15)17(19)22;1-12-3-6-17(20-10-12)22-14-7-8-21(11-14)16-5-4-13(18)9-15(16)19-2;1-8-2-3-10(12-6-8)13-9-4-5-11-7-9;1-10-7-4-5(8)2-3-6(7)9;/h2-5,8,10,14H,6-7,11H2,1H3,(H2,20,23);2-5,8-9,13H,6-7,10H2,1H3,(H2,19,22);3-6,9-10,14H,7-8,11H2,1H3;2-3,6,9,11H,4-5,7H2,1H3;2-4H;1H/t14-;13-;14-;9-;;/m0000../s1. The Balaban J connectivity index is 0.000000169. The van der Waals surface area contributed by atoms with E-state index in [2.05, 4.69) is 97.4 Å². The van der Waals surface area contributed by atoms with Gasteiger partial charge in [0.1, 0.15) is 30.2 Å². The van der Waals surface area contributed by atoms with E-state index in [0.29, 0.717) is 59.2 Å². The molecule has 24 heteroatoms. The fraction of sp³-hybridized carbons (Fsp3) is 0.290. The summed E-state index contributed by atoms with van der Waals surface area (Å²) in [4.78, 5) is 53.4. The molecule has 4 aliphatic rings. The molecule has 482 valence electrons. The third-order valence-corrected chi connectivity index (χ3v) is 16.3. The fourth-order valence-electron chi connectivity index (χ4n) is 10.1. The minimum atomic E-state index is -0.535. The van der Waals surface area contributed by atoms with E-state index in [1.165, 1.54) is 18.2 Å². The number of pyridine rings is 4. The number of halogens is 5. The number of hydrogen-bond acceptors (Lipinski definition) is 15. The van der Waals surface area contributed by atoms with Crippen LogP contribution in [0.1, 0.15) is 74.2 Å². The number of nitrogens with two attached hydrogens (primary N) is 2. The second-order valence-electron chi connectivity index (χ2n) is 22.0. The lowest BCUT2D eigenvalue weighted by Crippen LogP contribution is -2.27. The normalized spacial score (nSPS) is 16.7. The SMILES string of the molecule is Cc1ccc(O[C@H]2CCN(c3ccc(Br)cc3C(N)=O)C2)nc1.Cc1ccc(O[C@H]2CCN(c3ccc(C#N)cc3C(N)=O)C2)nc1.Cc1ccc(O[C@H]2CCNC2)nc1.Cl.[C-]#[N+]c1cc(Br)ccc1F.[C-]#[N+]c1cc(Br)ccc1N1CC[C@H](Oc2ccc(C)cn2)C1. The second kappa shape index (κ2) is 35.2. The summed E-state index contributed by atoms with van der Waals surface area (Å²) in [5.41, 5.74) is 20.0. The molecular formula is C69H70Br3ClFN13O6. The van der Waals surface area contributed by atoms with Gasteiger partial charge < -0.3 is 50.4 Å². The van der Waals surface area contributed by atoms with Crippen LogP contribution in [0.15, 0.2) is 160 Å². The first kappa shape index (κ1) is 71.5. The zero-order chi connectivity index (χ0) is 65.7. The summed E-state index contributed by atoms with van der Waals surface area (Å²) < 4.78 is 38.5. The number of nitrogens with one attached hydrogen (secondary N) is 1. The number of hydrogen-bond donors (Lipinski definition) is 3. The maximum Gasteiger partial charge on any atom is 0.250 e. The van der Waals surface area contributed by atoms with Gasteiger partial charge in [0.05, 0.1) is 55.5 Å². The van der Waals surface area contributed by atoms with Crippen LogP contribution in [0.25, 0.3) is 9.69 Å². The van der Waals surface area contributed by atoms with E-state index in [0.717, 1.165) is 124 Å². The Hall–Kier alpha value is -8.89. The number of benzene rings is 4. The molecule has 4 aromatic heterocycles. The smallest absolute Gasteiger partial charge is 0.250 e. The summed E-state index contributed by atoms with van der Waals surface area (Å²) in [7, 11) is 0. The van der Waals surface area contributed by atoms with Gasteiger partial charge in [-0.15, -0.1) is 12.4 Å². The molecule has 4 fully saturated rings. The molecule has 2 amide bonds. The van der Waals surface area contributed by atoms with Crippen LogP contribution < -0.4 is 50.4 Å². The summed E-state index contributed by atoms with van der Waals surface area (Å²) >= 11 is 9.92. The fourth-order valence-corrected chi connectivity index (χ4v) is 11.2.